The largest absolute Gasteiger partial charge is 0.461 e. The third-order valence-corrected chi connectivity index (χ3v) is 4.58. The highest BCUT2D eigenvalue weighted by Gasteiger charge is 2.31. The van der Waals surface area contributed by atoms with Gasteiger partial charge in [0.15, 0.2) is 0 Å². The van der Waals surface area contributed by atoms with Crippen LogP contribution < -0.4 is 4.90 Å². The number of hydrogen-bond acceptors (Lipinski definition) is 5. The van der Waals surface area contributed by atoms with E-state index in [4.69, 9.17) is 20.8 Å². The van der Waals surface area contributed by atoms with Crippen molar-refractivity contribution in [1.29, 1.82) is 0 Å². The molecule has 7 heteroatoms. The summed E-state index contributed by atoms with van der Waals surface area (Å²) in [5.41, 5.74) is 0.481. The molecule has 1 aliphatic rings. The zero-order valence-electron chi connectivity index (χ0n) is 14.7. The van der Waals surface area contributed by atoms with E-state index in [2.05, 4.69) is 9.88 Å². The number of amides is 1. The molecule has 2 aromatic rings. The van der Waals surface area contributed by atoms with Crippen molar-refractivity contribution in [2.24, 2.45) is 0 Å². The van der Waals surface area contributed by atoms with Crippen LogP contribution in [0.5, 0.6) is 0 Å². The Morgan fingerprint density at radius 1 is 1.48 bits per heavy atom. The van der Waals surface area contributed by atoms with Gasteiger partial charge in [-0.15, -0.1) is 0 Å². The number of furan rings is 1. The number of rotatable bonds is 5. The van der Waals surface area contributed by atoms with Crippen LogP contribution in [0.4, 0.5) is 5.82 Å². The first-order valence-corrected chi connectivity index (χ1v) is 8.60. The van der Waals surface area contributed by atoms with Crippen molar-refractivity contribution in [3.63, 3.8) is 0 Å². The van der Waals surface area contributed by atoms with Gasteiger partial charge in [-0.2, -0.15) is 0 Å². The Labute approximate surface area is 152 Å². The number of ether oxygens (including phenoxy) is 1. The van der Waals surface area contributed by atoms with Crippen LogP contribution in [0.1, 0.15) is 40.8 Å². The minimum absolute atomic E-state index is 0.0889. The smallest absolute Gasteiger partial charge is 0.254 e. The molecular weight excluding hydrogens is 342 g/mol. The van der Waals surface area contributed by atoms with E-state index >= 15 is 0 Å². The number of pyridine rings is 1. The van der Waals surface area contributed by atoms with E-state index in [9.17, 15) is 4.79 Å². The van der Waals surface area contributed by atoms with Gasteiger partial charge in [0.1, 0.15) is 23.9 Å². The van der Waals surface area contributed by atoms with Gasteiger partial charge in [0.05, 0.1) is 16.6 Å². The van der Waals surface area contributed by atoms with Crippen molar-refractivity contribution in [2.75, 3.05) is 32.6 Å². The molecule has 1 atom stereocenters. The van der Waals surface area contributed by atoms with Crippen molar-refractivity contribution >= 4 is 23.3 Å². The van der Waals surface area contributed by atoms with Gasteiger partial charge in [-0.25, -0.2) is 4.98 Å². The van der Waals surface area contributed by atoms with Gasteiger partial charge >= 0.3 is 0 Å². The lowest BCUT2D eigenvalue weighted by atomic mass is 10.1. The number of halogens is 1. The molecule has 1 amide bonds. The standard InChI is InChI=1S/C18H22ClN3O3/c1-21(2)18(23)12-9-14(19)17(20-10-12)22-8-4-5-15(22)16-7-6-13(25-16)11-24-3/h6-7,9-10,15H,4-5,8,11H2,1-3H3. The molecule has 0 aromatic carbocycles. The fraction of sp³-hybridized carbons (Fsp3) is 0.444. The lowest BCUT2D eigenvalue weighted by Gasteiger charge is -2.25. The molecule has 0 bridgehead atoms. The SMILES string of the molecule is COCc1ccc(C2CCCN2c2ncc(C(=O)N(C)C)cc2Cl)o1. The number of aromatic nitrogens is 1. The Kier molecular flexibility index (Phi) is 5.30. The van der Waals surface area contributed by atoms with E-state index in [1.807, 2.05) is 12.1 Å². The molecule has 0 N–H and O–H groups in total. The Morgan fingerprint density at radius 3 is 2.96 bits per heavy atom. The normalized spacial score (nSPS) is 17.1. The Balaban J connectivity index is 1.85. The van der Waals surface area contributed by atoms with Crippen LogP contribution in [-0.4, -0.2) is 43.5 Å². The van der Waals surface area contributed by atoms with Crippen LogP contribution in [0.2, 0.25) is 5.02 Å². The summed E-state index contributed by atoms with van der Waals surface area (Å²) in [6.45, 7) is 1.30. The van der Waals surface area contributed by atoms with Gasteiger partial charge in [0.2, 0.25) is 0 Å². The molecule has 0 aliphatic carbocycles. The van der Waals surface area contributed by atoms with E-state index in [0.717, 1.165) is 30.9 Å². The maximum absolute atomic E-state index is 12.1. The second-order valence-corrected chi connectivity index (χ2v) is 6.72. The summed E-state index contributed by atoms with van der Waals surface area (Å²) in [6.07, 6.45) is 3.58. The first-order valence-electron chi connectivity index (χ1n) is 8.22. The third kappa shape index (κ3) is 3.65. The van der Waals surface area contributed by atoms with Crippen LogP contribution in [0.3, 0.4) is 0 Å². The summed E-state index contributed by atoms with van der Waals surface area (Å²) in [7, 11) is 5.05. The average molecular weight is 364 g/mol. The van der Waals surface area contributed by atoms with Gasteiger partial charge in [0, 0.05) is 33.9 Å². The zero-order chi connectivity index (χ0) is 18.0. The van der Waals surface area contributed by atoms with Crippen LogP contribution in [-0.2, 0) is 11.3 Å². The van der Waals surface area contributed by atoms with E-state index in [-0.39, 0.29) is 11.9 Å². The molecule has 0 saturated carbocycles. The number of hydrogen-bond donors (Lipinski definition) is 0. The first kappa shape index (κ1) is 17.8. The molecule has 3 heterocycles. The fourth-order valence-corrected chi connectivity index (χ4v) is 3.40. The van der Waals surface area contributed by atoms with Crippen LogP contribution in [0.25, 0.3) is 0 Å². The third-order valence-electron chi connectivity index (χ3n) is 4.30. The monoisotopic (exact) mass is 363 g/mol. The van der Waals surface area contributed by atoms with E-state index < -0.39 is 0 Å². The second-order valence-electron chi connectivity index (χ2n) is 6.32. The molecular formula is C18H22ClN3O3. The van der Waals surface area contributed by atoms with E-state index in [1.54, 1.807) is 33.5 Å². The van der Waals surface area contributed by atoms with Crippen molar-refractivity contribution in [2.45, 2.75) is 25.5 Å². The number of methoxy groups -OCH3 is 1. The molecule has 0 radical (unpaired) electrons. The Bertz CT molecular complexity index is 760. The van der Waals surface area contributed by atoms with Crippen LogP contribution in [0, 0.1) is 0 Å². The highest BCUT2D eigenvalue weighted by atomic mass is 35.5. The number of anilines is 1. The summed E-state index contributed by atoms with van der Waals surface area (Å²) in [5.74, 6) is 2.25. The van der Waals surface area contributed by atoms with Gasteiger partial charge < -0.3 is 19.0 Å². The number of carbonyl (C=O) groups is 1. The minimum Gasteiger partial charge on any atom is -0.461 e. The summed E-state index contributed by atoms with van der Waals surface area (Å²) in [5, 5.41) is 0.475. The molecule has 25 heavy (non-hydrogen) atoms. The summed E-state index contributed by atoms with van der Waals surface area (Å²) >= 11 is 6.44. The molecule has 6 nitrogen and oxygen atoms in total. The van der Waals surface area contributed by atoms with E-state index in [1.165, 1.54) is 4.90 Å². The first-order chi connectivity index (χ1) is 12.0. The van der Waals surface area contributed by atoms with Crippen LogP contribution in [0.15, 0.2) is 28.8 Å². The van der Waals surface area contributed by atoms with Gasteiger partial charge in [-0.05, 0) is 31.0 Å². The summed E-state index contributed by atoms with van der Waals surface area (Å²) < 4.78 is 11.0. The maximum atomic E-state index is 12.1. The van der Waals surface area contributed by atoms with Crippen molar-refractivity contribution in [3.05, 3.63) is 46.5 Å². The number of carbonyl (C=O) groups excluding carboxylic acids is 1. The number of nitrogens with zero attached hydrogens (tertiary/aromatic N) is 3. The second kappa shape index (κ2) is 7.45. The van der Waals surface area contributed by atoms with Crippen molar-refractivity contribution in [3.8, 4) is 0 Å². The summed E-state index contributed by atoms with van der Waals surface area (Å²) in [6, 6.07) is 5.68. The molecule has 1 fully saturated rings. The molecule has 1 saturated heterocycles. The molecule has 1 unspecified atom stereocenters. The van der Waals surface area contributed by atoms with Crippen molar-refractivity contribution in [1.82, 2.24) is 9.88 Å². The Hall–Kier alpha value is -2.05. The zero-order valence-corrected chi connectivity index (χ0v) is 15.4. The molecule has 2 aromatic heterocycles. The van der Waals surface area contributed by atoms with Crippen LogP contribution >= 0.6 is 11.6 Å². The fourth-order valence-electron chi connectivity index (χ4n) is 3.13. The highest BCUT2D eigenvalue weighted by Crippen LogP contribution is 2.39. The molecule has 0 spiro atoms. The topological polar surface area (TPSA) is 58.8 Å². The minimum atomic E-state index is -0.117. The quantitative estimate of drug-likeness (QED) is 0.813. The molecule has 3 rings (SSSR count). The van der Waals surface area contributed by atoms with E-state index in [0.29, 0.717) is 23.0 Å². The summed E-state index contributed by atoms with van der Waals surface area (Å²) in [4.78, 5) is 20.2. The molecule has 1 aliphatic heterocycles. The lowest BCUT2D eigenvalue weighted by Crippen LogP contribution is -2.25. The predicted molar refractivity (Wildman–Crippen MR) is 96.0 cm³/mol. The van der Waals surface area contributed by atoms with Gasteiger partial charge in [-0.1, -0.05) is 11.6 Å². The lowest BCUT2D eigenvalue weighted by molar-refractivity contribution is 0.0827. The van der Waals surface area contributed by atoms with Gasteiger partial charge in [-0.3, -0.25) is 4.79 Å². The maximum Gasteiger partial charge on any atom is 0.254 e. The molecule has 134 valence electrons. The predicted octanol–water partition coefficient (Wildman–Crippen LogP) is 3.52. The van der Waals surface area contributed by atoms with Gasteiger partial charge in [0.25, 0.3) is 5.91 Å². The average Bonchev–Trinajstić information content (AvgIpc) is 3.23. The highest BCUT2D eigenvalue weighted by molar-refractivity contribution is 6.33. The van der Waals surface area contributed by atoms with Crippen molar-refractivity contribution < 1.29 is 13.9 Å². The Morgan fingerprint density at radius 2 is 2.28 bits per heavy atom.